The van der Waals surface area contributed by atoms with Crippen LogP contribution in [0.5, 0.6) is 0 Å². The number of nitrogens with zero attached hydrogens (tertiary/aromatic N) is 1. The molecule has 0 saturated heterocycles. The standard InChI is InChI=1S/C22H16BrN3O3/c23-19-11-10-18(29-19)22(28)24-16-8-5-14(6-9-16)13-21(27)26-20-12-7-15-3-1-2-4-17(15)25-20/h1-12H,13H2,(H,24,28)(H,25,26,27). The fourth-order valence-corrected chi connectivity index (χ4v) is 3.15. The van der Waals surface area contributed by atoms with Crippen molar-refractivity contribution < 1.29 is 14.0 Å². The Balaban J connectivity index is 1.36. The van der Waals surface area contributed by atoms with Gasteiger partial charge in [-0.05, 0) is 64.0 Å². The molecule has 0 bridgehead atoms. The van der Waals surface area contributed by atoms with Crippen molar-refractivity contribution >= 4 is 50.2 Å². The number of para-hydroxylation sites is 1. The monoisotopic (exact) mass is 449 g/mol. The summed E-state index contributed by atoms with van der Waals surface area (Å²) in [5, 5.41) is 6.58. The Morgan fingerprint density at radius 3 is 2.45 bits per heavy atom. The zero-order chi connectivity index (χ0) is 20.2. The molecule has 4 aromatic rings. The van der Waals surface area contributed by atoms with Crippen molar-refractivity contribution in [2.24, 2.45) is 0 Å². The van der Waals surface area contributed by atoms with Crippen LogP contribution in [0.25, 0.3) is 10.9 Å². The molecule has 0 fully saturated rings. The highest BCUT2D eigenvalue weighted by Gasteiger charge is 2.11. The van der Waals surface area contributed by atoms with Gasteiger partial charge < -0.3 is 15.1 Å². The van der Waals surface area contributed by atoms with E-state index in [1.165, 1.54) is 0 Å². The lowest BCUT2D eigenvalue weighted by atomic mass is 10.1. The molecule has 4 rings (SSSR count). The van der Waals surface area contributed by atoms with Gasteiger partial charge >= 0.3 is 0 Å². The predicted octanol–water partition coefficient (Wildman–Crippen LogP) is 5.02. The number of carbonyl (C=O) groups is 2. The van der Waals surface area contributed by atoms with Gasteiger partial charge in [0.05, 0.1) is 11.9 Å². The van der Waals surface area contributed by atoms with Gasteiger partial charge in [0.25, 0.3) is 5.91 Å². The number of pyridine rings is 1. The van der Waals surface area contributed by atoms with Crippen LogP contribution in [0.2, 0.25) is 0 Å². The highest BCUT2D eigenvalue weighted by atomic mass is 79.9. The SMILES string of the molecule is O=C(Cc1ccc(NC(=O)c2ccc(Br)o2)cc1)Nc1ccc2ccccc2n1. The van der Waals surface area contributed by atoms with E-state index in [-0.39, 0.29) is 24.0 Å². The minimum Gasteiger partial charge on any atom is -0.444 e. The van der Waals surface area contributed by atoms with Crippen molar-refractivity contribution in [3.8, 4) is 0 Å². The molecule has 0 aliphatic rings. The molecule has 2 amide bonds. The first-order chi connectivity index (χ1) is 14.1. The molecule has 144 valence electrons. The highest BCUT2D eigenvalue weighted by Crippen LogP contribution is 2.17. The van der Waals surface area contributed by atoms with E-state index in [1.54, 1.807) is 42.5 Å². The van der Waals surface area contributed by atoms with Crippen molar-refractivity contribution in [2.45, 2.75) is 6.42 Å². The summed E-state index contributed by atoms with van der Waals surface area (Å²) >= 11 is 3.16. The smallest absolute Gasteiger partial charge is 0.291 e. The van der Waals surface area contributed by atoms with Gasteiger partial charge in [0.15, 0.2) is 10.4 Å². The van der Waals surface area contributed by atoms with E-state index >= 15 is 0 Å². The van der Waals surface area contributed by atoms with Crippen LogP contribution < -0.4 is 10.6 Å². The maximum absolute atomic E-state index is 12.3. The number of halogens is 1. The number of fused-ring (bicyclic) bond motifs is 1. The number of hydrogen-bond donors (Lipinski definition) is 2. The van der Waals surface area contributed by atoms with Crippen LogP contribution in [-0.4, -0.2) is 16.8 Å². The number of rotatable bonds is 5. The van der Waals surface area contributed by atoms with Crippen molar-refractivity contribution in [3.63, 3.8) is 0 Å². The third kappa shape index (κ3) is 4.70. The van der Waals surface area contributed by atoms with Crippen molar-refractivity contribution in [3.05, 3.63) is 88.8 Å². The van der Waals surface area contributed by atoms with Gasteiger partial charge in [-0.25, -0.2) is 4.98 Å². The van der Waals surface area contributed by atoms with E-state index < -0.39 is 0 Å². The Morgan fingerprint density at radius 1 is 0.897 bits per heavy atom. The molecule has 0 unspecified atom stereocenters. The summed E-state index contributed by atoms with van der Waals surface area (Å²) in [6.45, 7) is 0. The molecule has 29 heavy (non-hydrogen) atoms. The first kappa shape index (κ1) is 18.9. The van der Waals surface area contributed by atoms with Gasteiger partial charge in [-0.15, -0.1) is 0 Å². The number of furan rings is 1. The Morgan fingerprint density at radius 2 is 1.69 bits per heavy atom. The minimum absolute atomic E-state index is 0.162. The number of amides is 2. The van der Waals surface area contributed by atoms with Crippen molar-refractivity contribution in [1.29, 1.82) is 0 Å². The molecular formula is C22H16BrN3O3. The van der Waals surface area contributed by atoms with E-state index in [2.05, 4.69) is 31.5 Å². The first-order valence-electron chi connectivity index (χ1n) is 8.88. The Kier molecular flexibility index (Phi) is 5.39. The lowest BCUT2D eigenvalue weighted by Crippen LogP contribution is -2.15. The molecule has 0 atom stereocenters. The predicted molar refractivity (Wildman–Crippen MR) is 115 cm³/mol. The fraction of sp³-hybridized carbons (Fsp3) is 0.0455. The summed E-state index contributed by atoms with van der Waals surface area (Å²) in [4.78, 5) is 28.9. The summed E-state index contributed by atoms with van der Waals surface area (Å²) in [6, 6.07) is 21.7. The lowest BCUT2D eigenvalue weighted by molar-refractivity contribution is -0.115. The van der Waals surface area contributed by atoms with E-state index in [1.807, 2.05) is 30.3 Å². The summed E-state index contributed by atoms with van der Waals surface area (Å²) in [7, 11) is 0. The molecule has 2 N–H and O–H groups in total. The van der Waals surface area contributed by atoms with Crippen LogP contribution in [0, 0.1) is 0 Å². The fourth-order valence-electron chi connectivity index (χ4n) is 2.84. The molecule has 0 spiro atoms. The Labute approximate surface area is 175 Å². The number of aromatic nitrogens is 1. The van der Waals surface area contributed by atoms with Crippen LogP contribution in [-0.2, 0) is 11.2 Å². The number of carbonyl (C=O) groups excluding carboxylic acids is 2. The maximum Gasteiger partial charge on any atom is 0.291 e. The second-order valence-corrected chi connectivity index (χ2v) is 7.15. The highest BCUT2D eigenvalue weighted by molar-refractivity contribution is 9.10. The molecule has 0 aliphatic carbocycles. The summed E-state index contributed by atoms with van der Waals surface area (Å²) in [5.41, 5.74) is 2.26. The Hall–Kier alpha value is -3.45. The normalized spacial score (nSPS) is 10.7. The summed E-state index contributed by atoms with van der Waals surface area (Å²) < 4.78 is 5.71. The molecule has 0 saturated carbocycles. The zero-order valence-electron chi connectivity index (χ0n) is 15.2. The largest absolute Gasteiger partial charge is 0.444 e. The van der Waals surface area contributed by atoms with E-state index in [9.17, 15) is 9.59 Å². The van der Waals surface area contributed by atoms with Gasteiger partial charge in [0, 0.05) is 11.1 Å². The van der Waals surface area contributed by atoms with Crippen LogP contribution in [0.4, 0.5) is 11.5 Å². The molecule has 0 radical (unpaired) electrons. The third-order valence-electron chi connectivity index (χ3n) is 4.24. The maximum atomic E-state index is 12.3. The van der Waals surface area contributed by atoms with Crippen molar-refractivity contribution in [2.75, 3.05) is 10.6 Å². The second-order valence-electron chi connectivity index (χ2n) is 6.37. The molecular weight excluding hydrogens is 434 g/mol. The van der Waals surface area contributed by atoms with Crippen LogP contribution in [0.1, 0.15) is 16.1 Å². The quantitative estimate of drug-likeness (QED) is 0.447. The molecule has 7 heteroatoms. The number of nitrogens with one attached hydrogen (secondary N) is 2. The number of hydrogen-bond acceptors (Lipinski definition) is 4. The van der Waals surface area contributed by atoms with Crippen LogP contribution in [0.15, 0.2) is 81.9 Å². The first-order valence-corrected chi connectivity index (χ1v) is 9.67. The van der Waals surface area contributed by atoms with Crippen LogP contribution >= 0.6 is 15.9 Å². The summed E-state index contributed by atoms with van der Waals surface area (Å²) in [5.74, 6) is 0.221. The Bertz CT molecular complexity index is 1190. The number of benzene rings is 2. The summed E-state index contributed by atoms with van der Waals surface area (Å²) in [6.07, 6.45) is 0.202. The van der Waals surface area contributed by atoms with Gasteiger partial charge in [0.2, 0.25) is 5.91 Å². The molecule has 2 aromatic heterocycles. The molecule has 2 heterocycles. The second kappa shape index (κ2) is 8.28. The van der Waals surface area contributed by atoms with Gasteiger partial charge in [-0.1, -0.05) is 30.3 Å². The molecule has 2 aromatic carbocycles. The van der Waals surface area contributed by atoms with Gasteiger partial charge in [-0.2, -0.15) is 0 Å². The van der Waals surface area contributed by atoms with Gasteiger partial charge in [0.1, 0.15) is 5.82 Å². The zero-order valence-corrected chi connectivity index (χ0v) is 16.8. The van der Waals surface area contributed by atoms with Crippen LogP contribution in [0.3, 0.4) is 0 Å². The average Bonchev–Trinajstić information content (AvgIpc) is 3.16. The molecule has 0 aliphatic heterocycles. The third-order valence-corrected chi connectivity index (χ3v) is 4.67. The van der Waals surface area contributed by atoms with Gasteiger partial charge in [-0.3, -0.25) is 9.59 Å². The minimum atomic E-state index is -0.344. The van der Waals surface area contributed by atoms with E-state index in [0.29, 0.717) is 16.2 Å². The van der Waals surface area contributed by atoms with E-state index in [0.717, 1.165) is 16.5 Å². The number of anilines is 2. The van der Waals surface area contributed by atoms with E-state index in [4.69, 9.17) is 4.42 Å². The average molecular weight is 450 g/mol. The van der Waals surface area contributed by atoms with Crippen molar-refractivity contribution in [1.82, 2.24) is 4.98 Å². The molecule has 6 nitrogen and oxygen atoms in total. The lowest BCUT2D eigenvalue weighted by Gasteiger charge is -2.07. The topological polar surface area (TPSA) is 84.2 Å².